The number of rotatable bonds is 10. The first-order valence-electron chi connectivity index (χ1n) is 26.2. The molecule has 0 saturated heterocycles. The number of nitrogens with two attached hydrogens (primary N) is 1. The molecule has 5 aliphatic carbocycles. The van der Waals surface area contributed by atoms with Gasteiger partial charge in [-0.25, -0.2) is 4.79 Å². The lowest BCUT2D eigenvalue weighted by atomic mass is 9.36. The van der Waals surface area contributed by atoms with Crippen LogP contribution < -0.4 is 16.4 Å². The van der Waals surface area contributed by atoms with Gasteiger partial charge in [-0.1, -0.05) is 95.8 Å². The van der Waals surface area contributed by atoms with Gasteiger partial charge in [0, 0.05) is 68.6 Å². The monoisotopic (exact) mass is 982 g/mol. The van der Waals surface area contributed by atoms with E-state index in [0.717, 1.165) is 69.8 Å². The minimum Gasteiger partial charge on any atom is -0.443 e. The average Bonchev–Trinajstić information content (AvgIpc) is 3.52. The normalized spacial score (nSPS) is 39.1. The number of Topliss-reactive ketones (excluding diaryl/α,β-unsaturated/α-hetero) is 1. The summed E-state index contributed by atoms with van der Waals surface area (Å²) in [5.41, 5.74) is 6.88. The zero-order chi connectivity index (χ0) is 52.1. The van der Waals surface area contributed by atoms with Crippen molar-refractivity contribution in [3.8, 4) is 11.8 Å². The van der Waals surface area contributed by atoms with Crippen molar-refractivity contribution in [3.05, 3.63) is 70.1 Å². The first-order chi connectivity index (χ1) is 33.5. The maximum Gasteiger partial charge on any atom is 0.404 e. The van der Waals surface area contributed by atoms with E-state index in [1.54, 1.807) is 19.1 Å². The van der Waals surface area contributed by atoms with Crippen molar-refractivity contribution in [2.45, 2.75) is 188 Å². The number of allylic oxidation sites excluding steroid dienone is 5. The van der Waals surface area contributed by atoms with Crippen molar-refractivity contribution in [2.24, 2.45) is 45.1 Å². The van der Waals surface area contributed by atoms with Gasteiger partial charge in [0.15, 0.2) is 5.78 Å². The van der Waals surface area contributed by atoms with Crippen LogP contribution in [0.15, 0.2) is 70.1 Å². The molecule has 0 aromatic heterocycles. The van der Waals surface area contributed by atoms with E-state index < -0.39 is 53.6 Å². The standard InChI is InChI=1S/C58H83N3O10/c1-36-30-39(4)50(64)47(70-10)33-37(2)31-42-49(44(63)35-43(51(42)65)61-52(66)38(3)18-17-19-45(69-9)46(32-36)71-53(59)67)60-29-16-14-12-11-13-15-23-58(68)28-26-56(7)48-21-20-40-34-41(62)22-24-54(40,5)55(48,6)25-27-57(56,58)8/h17-19,30,34-35,37,39,45-48,50,60,64,68H,11-14,16,20-22,24-29,31-33H2,1-10H3,(H2,59,67)(H,61,66)/b19-17-,36-30+,38-18+/t37-,39+,45-,46-,47-,48?,50-,54-,55-,56-,57-,58-/m0/s1. The number of carbonyl (C=O) groups excluding carboxylic acids is 5. The van der Waals surface area contributed by atoms with E-state index in [9.17, 15) is 34.2 Å². The second-order valence-electron chi connectivity index (χ2n) is 22.8. The van der Waals surface area contributed by atoms with E-state index in [4.69, 9.17) is 19.9 Å². The topological polar surface area (TPSA) is 204 Å². The van der Waals surface area contributed by atoms with Crippen LogP contribution in [-0.2, 0) is 33.4 Å². The van der Waals surface area contributed by atoms with Gasteiger partial charge in [0.2, 0.25) is 11.6 Å². The Labute approximate surface area is 423 Å². The highest BCUT2D eigenvalue weighted by Gasteiger charge is 2.72. The maximum atomic E-state index is 14.2. The number of primary amides is 1. The Hall–Kier alpha value is -4.61. The number of aliphatic hydroxyl groups is 2. The van der Waals surface area contributed by atoms with Crippen molar-refractivity contribution in [3.63, 3.8) is 0 Å². The summed E-state index contributed by atoms with van der Waals surface area (Å²) >= 11 is 0. The highest BCUT2D eigenvalue weighted by Crippen LogP contribution is 2.76. The van der Waals surface area contributed by atoms with E-state index in [1.165, 1.54) is 31.9 Å². The summed E-state index contributed by atoms with van der Waals surface area (Å²) in [6.45, 7) is 17.3. The van der Waals surface area contributed by atoms with Gasteiger partial charge in [-0.3, -0.25) is 19.2 Å². The first-order valence-corrected chi connectivity index (χ1v) is 26.2. The molecule has 1 aliphatic heterocycles. The SMILES string of the molecule is CO[C@H]1/C=C\C=C(/C)C(=O)NC2=CC(=O)C(NCCCCCCC#C[C@]3(O)CC[C@@]4(C)C5CCC6=CC(=O)CC[C@]6(C)[C@@]5(C)CC[C@@]43C)=C(C[C@H](C)C[C@H](OC)[C@@H](O)[C@H](C)/C=C(\C)C[C@@H]1OC(N)=O)C2=O. The average molecular weight is 982 g/mol. The van der Waals surface area contributed by atoms with Crippen molar-refractivity contribution in [1.82, 2.24) is 10.6 Å². The lowest BCUT2D eigenvalue weighted by molar-refractivity contribution is -0.188. The van der Waals surface area contributed by atoms with E-state index in [-0.39, 0.29) is 74.7 Å². The molecule has 2 amide bonds. The number of methoxy groups -OCH3 is 2. The number of aliphatic hydroxyl groups excluding tert-OH is 1. The van der Waals surface area contributed by atoms with Crippen LogP contribution in [0.2, 0.25) is 0 Å². The fraction of sp³-hybridized carbons (Fsp3) is 0.672. The highest BCUT2D eigenvalue weighted by molar-refractivity contribution is 6.23. The van der Waals surface area contributed by atoms with Gasteiger partial charge >= 0.3 is 6.09 Å². The molecule has 13 nitrogen and oxygen atoms in total. The van der Waals surface area contributed by atoms with Crippen LogP contribution in [0.1, 0.15) is 158 Å². The first kappa shape index (κ1) is 55.7. The van der Waals surface area contributed by atoms with Gasteiger partial charge in [0.1, 0.15) is 17.8 Å². The third-order valence-electron chi connectivity index (χ3n) is 18.5. The largest absolute Gasteiger partial charge is 0.443 e. The zero-order valence-electron chi connectivity index (χ0n) is 44.3. The molecule has 12 atom stereocenters. The number of hydrogen-bond acceptors (Lipinski definition) is 11. The van der Waals surface area contributed by atoms with Crippen LogP contribution in [0, 0.1) is 51.3 Å². The molecule has 6 N–H and O–H groups in total. The van der Waals surface area contributed by atoms with Crippen molar-refractivity contribution < 1.29 is 48.4 Å². The Morgan fingerprint density at radius 3 is 2.32 bits per heavy atom. The molecule has 0 spiro atoms. The fourth-order valence-electron chi connectivity index (χ4n) is 13.8. The van der Waals surface area contributed by atoms with E-state index in [1.807, 2.05) is 32.9 Å². The Morgan fingerprint density at radius 1 is 0.901 bits per heavy atom. The number of ether oxygens (including phenoxy) is 3. The molecule has 1 unspecified atom stereocenters. The summed E-state index contributed by atoms with van der Waals surface area (Å²) in [6, 6.07) is 0. The molecule has 13 heteroatoms. The molecule has 6 aliphatic rings. The van der Waals surface area contributed by atoms with Crippen molar-refractivity contribution >= 4 is 29.4 Å². The summed E-state index contributed by atoms with van der Waals surface area (Å²) < 4.78 is 16.9. The van der Waals surface area contributed by atoms with Crippen LogP contribution >= 0.6 is 0 Å². The third kappa shape index (κ3) is 11.3. The predicted octanol–water partition coefficient (Wildman–Crippen LogP) is 8.74. The number of hydrogen-bond donors (Lipinski definition) is 5. The van der Waals surface area contributed by atoms with E-state index >= 15 is 0 Å². The van der Waals surface area contributed by atoms with E-state index in [2.05, 4.69) is 50.2 Å². The van der Waals surface area contributed by atoms with Gasteiger partial charge in [-0.05, 0) is 119 Å². The Kier molecular flexibility index (Phi) is 17.8. The molecule has 2 bridgehead atoms. The minimum atomic E-state index is -1.04. The summed E-state index contributed by atoms with van der Waals surface area (Å²) in [4.78, 5) is 65.8. The van der Waals surface area contributed by atoms with E-state index in [0.29, 0.717) is 38.1 Å². The van der Waals surface area contributed by atoms with Gasteiger partial charge in [-0.2, -0.15) is 0 Å². The zero-order valence-corrected chi connectivity index (χ0v) is 44.3. The molecule has 71 heavy (non-hydrogen) atoms. The second-order valence-corrected chi connectivity index (χ2v) is 22.8. The minimum absolute atomic E-state index is 0.0158. The number of unbranched alkanes of at least 4 members (excludes halogenated alkanes) is 4. The Morgan fingerprint density at radius 2 is 1.62 bits per heavy atom. The number of nitrogens with one attached hydrogen (secondary N) is 2. The molecule has 0 radical (unpaired) electrons. The molecular weight excluding hydrogens is 899 g/mol. The predicted molar refractivity (Wildman–Crippen MR) is 274 cm³/mol. The van der Waals surface area contributed by atoms with Gasteiger partial charge in [0.05, 0.1) is 23.6 Å². The number of ketones is 3. The van der Waals surface area contributed by atoms with Crippen LogP contribution in [0.5, 0.6) is 0 Å². The summed E-state index contributed by atoms with van der Waals surface area (Å²) in [5.74, 6) is 5.52. The lowest BCUT2D eigenvalue weighted by Crippen LogP contribution is -2.63. The molecule has 390 valence electrons. The lowest BCUT2D eigenvalue weighted by Gasteiger charge is -2.68. The summed E-state index contributed by atoms with van der Waals surface area (Å²) in [5, 5.41) is 29.8. The number of carbonyl (C=O) groups is 5. The second kappa shape index (κ2) is 22.7. The van der Waals surface area contributed by atoms with Gasteiger partial charge < -0.3 is 40.8 Å². The van der Waals surface area contributed by atoms with Crippen LogP contribution in [-0.4, -0.2) is 90.3 Å². The number of fused-ring (bicyclic) bond motifs is 7. The maximum absolute atomic E-state index is 14.2. The van der Waals surface area contributed by atoms with Gasteiger partial charge in [-0.15, -0.1) is 5.92 Å². The molecule has 6 rings (SSSR count). The molecule has 3 fully saturated rings. The quantitative estimate of drug-likeness (QED) is 0.0606. The smallest absolute Gasteiger partial charge is 0.404 e. The van der Waals surface area contributed by atoms with Crippen LogP contribution in [0.25, 0.3) is 0 Å². The van der Waals surface area contributed by atoms with Crippen LogP contribution in [0.3, 0.4) is 0 Å². The Balaban J connectivity index is 1.09. The summed E-state index contributed by atoms with van der Waals surface area (Å²) in [7, 11) is 2.99. The highest BCUT2D eigenvalue weighted by atomic mass is 16.6. The molecule has 3 saturated carbocycles. The molecule has 0 aromatic carbocycles. The Bertz CT molecular complexity index is 2330. The van der Waals surface area contributed by atoms with Crippen molar-refractivity contribution in [1.29, 1.82) is 0 Å². The number of amides is 2. The fourth-order valence-corrected chi connectivity index (χ4v) is 13.8. The third-order valence-corrected chi connectivity index (χ3v) is 18.5. The summed E-state index contributed by atoms with van der Waals surface area (Å²) in [6.07, 6.45) is 17.8. The molecular formula is C58H83N3O10. The molecule has 0 aromatic rings. The van der Waals surface area contributed by atoms with Crippen LogP contribution in [0.4, 0.5) is 4.79 Å². The molecule has 1 heterocycles. The van der Waals surface area contributed by atoms with Crippen molar-refractivity contribution in [2.75, 3.05) is 20.8 Å². The van der Waals surface area contributed by atoms with Gasteiger partial charge in [0.25, 0.3) is 5.91 Å².